The molecule has 1 N–H and O–H groups in total. The van der Waals surface area contributed by atoms with Crippen LogP contribution in [0.15, 0.2) is 24.3 Å². The van der Waals surface area contributed by atoms with Crippen molar-refractivity contribution in [2.45, 2.75) is 19.3 Å². The normalized spacial score (nSPS) is 10.7. The Kier molecular flexibility index (Phi) is 7.36. The molecule has 6 heteroatoms. The second-order valence-electron chi connectivity index (χ2n) is 3.90. The molecule has 0 saturated carbocycles. The van der Waals surface area contributed by atoms with Gasteiger partial charge in [0.2, 0.25) is 5.91 Å². The van der Waals surface area contributed by atoms with Crippen molar-refractivity contribution in [2.24, 2.45) is 0 Å². The summed E-state index contributed by atoms with van der Waals surface area (Å²) in [4.78, 5) is 11.5. The van der Waals surface area contributed by atoms with Crippen molar-refractivity contribution in [1.82, 2.24) is 0 Å². The van der Waals surface area contributed by atoms with Crippen molar-refractivity contribution in [3.05, 3.63) is 29.8 Å². The molecule has 106 valence electrons. The Labute approximate surface area is 115 Å². The highest BCUT2D eigenvalue weighted by Crippen LogP contribution is 2.10. The molecule has 0 aliphatic rings. The third-order valence-corrected chi connectivity index (χ3v) is 2.53. The van der Waals surface area contributed by atoms with Crippen molar-refractivity contribution < 1.29 is 18.3 Å². The minimum atomic E-state index is -2.50. The van der Waals surface area contributed by atoms with E-state index in [0.717, 1.165) is 12.0 Å². The number of carbonyl (C=O) groups is 1. The second kappa shape index (κ2) is 8.82. The number of halogens is 3. The molecule has 0 atom stereocenters. The molecule has 0 bridgehead atoms. The highest BCUT2D eigenvalue weighted by molar-refractivity contribution is 6.17. The first kappa shape index (κ1) is 15.9. The summed E-state index contributed by atoms with van der Waals surface area (Å²) in [6, 6.07) is 7.32. The smallest absolute Gasteiger partial charge is 0.261 e. The molecule has 1 aromatic rings. The molecule has 0 spiro atoms. The summed E-state index contributed by atoms with van der Waals surface area (Å²) in [7, 11) is 0. The van der Waals surface area contributed by atoms with E-state index in [1.165, 1.54) is 0 Å². The van der Waals surface area contributed by atoms with Gasteiger partial charge in [-0.2, -0.15) is 0 Å². The summed E-state index contributed by atoms with van der Waals surface area (Å²) >= 11 is 5.62. The minimum absolute atomic E-state index is 0.0134. The maximum Gasteiger partial charge on any atom is 0.261 e. The van der Waals surface area contributed by atoms with Crippen LogP contribution in [0.2, 0.25) is 0 Å². The molecule has 0 radical (unpaired) electrons. The van der Waals surface area contributed by atoms with Gasteiger partial charge >= 0.3 is 0 Å². The van der Waals surface area contributed by atoms with Crippen LogP contribution in [-0.2, 0) is 16.0 Å². The van der Waals surface area contributed by atoms with Gasteiger partial charge in [-0.3, -0.25) is 4.79 Å². The number of rotatable bonds is 8. The maximum atomic E-state index is 11.8. The summed E-state index contributed by atoms with van der Waals surface area (Å²) in [6.07, 6.45) is -1.68. The lowest BCUT2D eigenvalue weighted by Gasteiger charge is -2.06. The Bertz CT molecular complexity index is 385. The lowest BCUT2D eigenvalue weighted by atomic mass is 10.1. The van der Waals surface area contributed by atoms with Crippen LogP contribution in [0, 0.1) is 0 Å². The molecule has 0 unspecified atom stereocenters. The molecule has 0 saturated heterocycles. The zero-order valence-corrected chi connectivity index (χ0v) is 11.1. The van der Waals surface area contributed by atoms with Crippen LogP contribution in [0.4, 0.5) is 14.5 Å². The lowest BCUT2D eigenvalue weighted by molar-refractivity contribution is -0.117. The molecular formula is C13H16ClF2NO2. The Hall–Kier alpha value is -1.20. The van der Waals surface area contributed by atoms with Gasteiger partial charge in [0.25, 0.3) is 6.43 Å². The highest BCUT2D eigenvalue weighted by Gasteiger charge is 2.05. The number of ether oxygens (including phenoxy) is 1. The predicted octanol–water partition coefficient (Wildman–Crippen LogP) is 3.08. The fourth-order valence-corrected chi connectivity index (χ4v) is 1.64. The van der Waals surface area contributed by atoms with Crippen LogP contribution in [0.5, 0.6) is 0 Å². The predicted molar refractivity (Wildman–Crippen MR) is 70.9 cm³/mol. The third-order valence-electron chi connectivity index (χ3n) is 2.34. The highest BCUT2D eigenvalue weighted by atomic mass is 35.5. The van der Waals surface area contributed by atoms with Gasteiger partial charge in [0.1, 0.15) is 6.61 Å². The van der Waals surface area contributed by atoms with Gasteiger partial charge in [-0.1, -0.05) is 12.1 Å². The van der Waals surface area contributed by atoms with Gasteiger partial charge < -0.3 is 10.1 Å². The van der Waals surface area contributed by atoms with Crippen LogP contribution >= 0.6 is 11.6 Å². The fourth-order valence-electron chi connectivity index (χ4n) is 1.42. The van der Waals surface area contributed by atoms with Crippen molar-refractivity contribution in [1.29, 1.82) is 0 Å². The largest absolute Gasteiger partial charge is 0.375 e. The number of aryl methyl sites for hydroxylation is 1. The van der Waals surface area contributed by atoms with E-state index in [0.29, 0.717) is 11.6 Å². The summed E-state index contributed by atoms with van der Waals surface area (Å²) in [5.41, 5.74) is 1.76. The molecule has 1 amide bonds. The van der Waals surface area contributed by atoms with E-state index in [9.17, 15) is 13.6 Å². The first-order valence-electron chi connectivity index (χ1n) is 5.92. The Morgan fingerprint density at radius 2 is 2.00 bits per heavy atom. The van der Waals surface area contributed by atoms with E-state index < -0.39 is 13.0 Å². The van der Waals surface area contributed by atoms with Gasteiger partial charge in [0.15, 0.2) is 0 Å². The van der Waals surface area contributed by atoms with Crippen LogP contribution in [0.3, 0.4) is 0 Å². The number of carbonyl (C=O) groups excluding carboxylic acids is 1. The Balaban J connectivity index is 2.27. The molecular weight excluding hydrogens is 276 g/mol. The van der Waals surface area contributed by atoms with Gasteiger partial charge in [-0.25, -0.2) is 8.78 Å². The summed E-state index contributed by atoms with van der Waals surface area (Å²) < 4.78 is 28.2. The molecule has 0 heterocycles. The quantitative estimate of drug-likeness (QED) is 0.590. The molecule has 19 heavy (non-hydrogen) atoms. The van der Waals surface area contributed by atoms with Crippen LogP contribution in [0.1, 0.15) is 12.0 Å². The first-order valence-corrected chi connectivity index (χ1v) is 6.46. The molecule has 1 rings (SSSR count). The van der Waals surface area contributed by atoms with E-state index in [1.54, 1.807) is 12.1 Å². The number of nitrogens with one attached hydrogen (secondary N) is 1. The number of benzene rings is 1. The standard InChI is InChI=1S/C13H16ClF2NO2/c14-7-5-10-1-3-11(4-2-10)17-13(18)6-8-19-9-12(15)16/h1-4,12H,5-9H2,(H,17,18). The fraction of sp³-hybridized carbons (Fsp3) is 0.462. The van der Waals surface area contributed by atoms with Gasteiger partial charge in [0.05, 0.1) is 13.0 Å². The van der Waals surface area contributed by atoms with E-state index in [4.69, 9.17) is 11.6 Å². The van der Waals surface area contributed by atoms with Crippen LogP contribution in [-0.4, -0.2) is 31.4 Å². The second-order valence-corrected chi connectivity index (χ2v) is 4.28. The minimum Gasteiger partial charge on any atom is -0.375 e. The Morgan fingerprint density at radius 1 is 1.32 bits per heavy atom. The van der Waals surface area contributed by atoms with Gasteiger partial charge in [-0.15, -0.1) is 11.6 Å². The van der Waals surface area contributed by atoms with Crippen molar-refractivity contribution in [2.75, 3.05) is 24.4 Å². The van der Waals surface area contributed by atoms with E-state index in [1.807, 2.05) is 12.1 Å². The number of hydrogen-bond acceptors (Lipinski definition) is 2. The molecule has 0 fully saturated rings. The van der Waals surface area contributed by atoms with Crippen molar-refractivity contribution in [3.8, 4) is 0 Å². The summed E-state index contributed by atoms with van der Waals surface area (Å²) in [5.74, 6) is 0.284. The lowest BCUT2D eigenvalue weighted by Crippen LogP contribution is -2.15. The average Bonchev–Trinajstić information content (AvgIpc) is 2.37. The first-order chi connectivity index (χ1) is 9.11. The summed E-state index contributed by atoms with van der Waals surface area (Å²) in [6.45, 7) is -0.652. The van der Waals surface area contributed by atoms with Gasteiger partial charge in [-0.05, 0) is 24.1 Å². The topological polar surface area (TPSA) is 38.3 Å². The number of anilines is 1. The van der Waals surface area contributed by atoms with Crippen LogP contribution < -0.4 is 5.32 Å². The third kappa shape index (κ3) is 7.08. The molecule has 3 nitrogen and oxygen atoms in total. The summed E-state index contributed by atoms with van der Waals surface area (Å²) in [5, 5.41) is 2.66. The zero-order chi connectivity index (χ0) is 14.1. The van der Waals surface area contributed by atoms with Gasteiger partial charge in [0, 0.05) is 11.6 Å². The molecule has 0 aliphatic carbocycles. The van der Waals surface area contributed by atoms with Crippen molar-refractivity contribution in [3.63, 3.8) is 0 Å². The van der Waals surface area contributed by atoms with Crippen LogP contribution in [0.25, 0.3) is 0 Å². The van der Waals surface area contributed by atoms with Crippen molar-refractivity contribution >= 4 is 23.2 Å². The molecule has 1 aromatic carbocycles. The number of hydrogen-bond donors (Lipinski definition) is 1. The van der Waals surface area contributed by atoms with E-state index in [2.05, 4.69) is 10.1 Å². The van der Waals surface area contributed by atoms with E-state index in [-0.39, 0.29) is 18.9 Å². The number of amides is 1. The molecule has 0 aromatic heterocycles. The monoisotopic (exact) mass is 291 g/mol. The molecule has 0 aliphatic heterocycles. The zero-order valence-electron chi connectivity index (χ0n) is 10.4. The number of alkyl halides is 3. The Morgan fingerprint density at radius 3 is 2.58 bits per heavy atom. The average molecular weight is 292 g/mol. The van der Waals surface area contributed by atoms with E-state index >= 15 is 0 Å². The maximum absolute atomic E-state index is 11.8. The SMILES string of the molecule is O=C(CCOCC(F)F)Nc1ccc(CCCl)cc1.